The van der Waals surface area contributed by atoms with Gasteiger partial charge in [0.1, 0.15) is 0 Å². The predicted octanol–water partition coefficient (Wildman–Crippen LogP) is 1.10. The van der Waals surface area contributed by atoms with Crippen LogP contribution >= 0.6 is 0 Å². The average Bonchev–Trinajstić information content (AvgIpc) is 2.79. The number of rotatable bonds is 3. The van der Waals surface area contributed by atoms with Crippen molar-refractivity contribution < 1.29 is 9.63 Å². The first-order valence-electron chi connectivity index (χ1n) is 6.52. The molecule has 8 heteroatoms. The molecule has 0 aliphatic carbocycles. The Morgan fingerprint density at radius 2 is 2.19 bits per heavy atom. The molecule has 0 fully saturated rings. The number of hydrogen-bond acceptors (Lipinski definition) is 5. The highest BCUT2D eigenvalue weighted by Crippen LogP contribution is 2.11. The summed E-state index contributed by atoms with van der Waals surface area (Å²) in [5.41, 5.74) is 8.69. The Kier molecular flexibility index (Phi) is 4.06. The fraction of sp³-hybridized carbons (Fsp3) is 0.385. The van der Waals surface area contributed by atoms with E-state index in [1.807, 2.05) is 33.8 Å². The van der Waals surface area contributed by atoms with Crippen molar-refractivity contribution in [1.82, 2.24) is 19.9 Å². The predicted molar refractivity (Wildman–Crippen MR) is 77.9 cm³/mol. The molecule has 0 spiro atoms. The molecule has 112 valence electrons. The third-order valence-electron chi connectivity index (χ3n) is 2.69. The Morgan fingerprint density at radius 3 is 2.86 bits per heavy atom. The molecule has 0 saturated carbocycles. The van der Waals surface area contributed by atoms with Gasteiger partial charge in [0.25, 0.3) is 0 Å². The topological polar surface area (TPSA) is 107 Å². The van der Waals surface area contributed by atoms with Gasteiger partial charge in [0.05, 0.1) is 11.8 Å². The molecule has 2 rings (SSSR count). The van der Waals surface area contributed by atoms with E-state index in [0.717, 1.165) is 11.4 Å². The fourth-order valence-corrected chi connectivity index (χ4v) is 1.85. The second-order valence-electron chi connectivity index (χ2n) is 4.99. The summed E-state index contributed by atoms with van der Waals surface area (Å²) in [7, 11) is 0. The smallest absolute Gasteiger partial charge is 0.380 e. The molecule has 21 heavy (non-hydrogen) atoms. The van der Waals surface area contributed by atoms with Gasteiger partial charge in [0.15, 0.2) is 11.5 Å². The standard InChI is InChI=1S/C13H18N6O2/c1-7(2)16-13(20)21-18-11(14)10-6-15-19-9(4)5-8(3)17-12(10)19/h5-7H,1-4H3,(H2,14,18)(H,16,20). The molecule has 1 amide bonds. The minimum Gasteiger partial charge on any atom is -0.380 e. The number of carbonyl (C=O) groups is 1. The van der Waals surface area contributed by atoms with Gasteiger partial charge in [-0.3, -0.25) is 4.84 Å². The minimum atomic E-state index is -0.662. The van der Waals surface area contributed by atoms with Crippen molar-refractivity contribution in [2.24, 2.45) is 10.9 Å². The number of aryl methyl sites for hydroxylation is 2. The van der Waals surface area contributed by atoms with Crippen LogP contribution < -0.4 is 11.1 Å². The van der Waals surface area contributed by atoms with Gasteiger partial charge < -0.3 is 11.1 Å². The normalized spacial score (nSPS) is 12.0. The zero-order chi connectivity index (χ0) is 15.6. The van der Waals surface area contributed by atoms with E-state index >= 15 is 0 Å². The van der Waals surface area contributed by atoms with Gasteiger partial charge >= 0.3 is 6.09 Å². The minimum absolute atomic E-state index is 0.0430. The Balaban J connectivity index is 2.27. The van der Waals surface area contributed by atoms with Crippen molar-refractivity contribution >= 4 is 17.6 Å². The van der Waals surface area contributed by atoms with Crippen molar-refractivity contribution in [2.45, 2.75) is 33.7 Å². The average molecular weight is 290 g/mol. The van der Waals surface area contributed by atoms with Crippen molar-refractivity contribution in [1.29, 1.82) is 0 Å². The van der Waals surface area contributed by atoms with Gasteiger partial charge in [-0.25, -0.2) is 14.3 Å². The second kappa shape index (κ2) is 5.78. The molecular formula is C13H18N6O2. The number of nitrogens with two attached hydrogens (primary N) is 1. The first-order valence-corrected chi connectivity index (χ1v) is 6.52. The van der Waals surface area contributed by atoms with Crippen LogP contribution in [0.2, 0.25) is 0 Å². The van der Waals surface area contributed by atoms with E-state index in [1.54, 1.807) is 4.52 Å². The lowest BCUT2D eigenvalue weighted by atomic mass is 10.3. The van der Waals surface area contributed by atoms with Crippen LogP contribution in [0.25, 0.3) is 5.65 Å². The molecule has 0 aliphatic heterocycles. The number of amides is 1. The molecule has 0 unspecified atom stereocenters. The van der Waals surface area contributed by atoms with Gasteiger partial charge in [0, 0.05) is 17.4 Å². The van der Waals surface area contributed by atoms with Gasteiger partial charge in [-0.1, -0.05) is 5.16 Å². The largest absolute Gasteiger partial charge is 0.433 e. The third-order valence-corrected chi connectivity index (χ3v) is 2.69. The van der Waals surface area contributed by atoms with Crippen molar-refractivity contribution in [3.8, 4) is 0 Å². The summed E-state index contributed by atoms with van der Waals surface area (Å²) < 4.78 is 1.65. The van der Waals surface area contributed by atoms with Crippen LogP contribution in [0, 0.1) is 13.8 Å². The molecule has 0 bridgehead atoms. The lowest BCUT2D eigenvalue weighted by Crippen LogP contribution is -2.30. The van der Waals surface area contributed by atoms with Crippen molar-refractivity contribution in [3.63, 3.8) is 0 Å². The number of oxime groups is 1. The van der Waals surface area contributed by atoms with Crippen LogP contribution in [0.1, 0.15) is 30.8 Å². The maximum absolute atomic E-state index is 11.4. The molecule has 2 heterocycles. The Hall–Kier alpha value is -2.64. The molecule has 2 aromatic rings. The molecule has 0 aliphatic rings. The van der Waals surface area contributed by atoms with E-state index in [0.29, 0.717) is 11.2 Å². The zero-order valence-electron chi connectivity index (χ0n) is 12.4. The van der Waals surface area contributed by atoms with Crippen LogP contribution in [-0.4, -0.2) is 32.6 Å². The fourth-order valence-electron chi connectivity index (χ4n) is 1.85. The quantitative estimate of drug-likeness (QED) is 0.381. The number of aromatic nitrogens is 3. The summed E-state index contributed by atoms with van der Waals surface area (Å²) in [4.78, 5) is 20.4. The summed E-state index contributed by atoms with van der Waals surface area (Å²) >= 11 is 0. The maximum Gasteiger partial charge on any atom is 0.433 e. The van der Waals surface area contributed by atoms with Crippen LogP contribution in [-0.2, 0) is 4.84 Å². The third kappa shape index (κ3) is 3.28. The SMILES string of the molecule is Cc1cc(C)n2ncc(/C(N)=N\OC(=O)NC(C)C)c2n1. The molecule has 8 nitrogen and oxygen atoms in total. The summed E-state index contributed by atoms with van der Waals surface area (Å²) in [5.74, 6) is 0.0430. The first kappa shape index (κ1) is 14.8. The number of fused-ring (bicyclic) bond motifs is 1. The summed E-state index contributed by atoms with van der Waals surface area (Å²) in [5, 5.41) is 10.3. The maximum atomic E-state index is 11.4. The molecule has 2 aromatic heterocycles. The summed E-state index contributed by atoms with van der Waals surface area (Å²) in [6, 6.07) is 1.86. The number of hydrogen-bond donors (Lipinski definition) is 2. The van der Waals surface area contributed by atoms with E-state index in [4.69, 9.17) is 10.6 Å². The number of nitrogens with one attached hydrogen (secondary N) is 1. The molecule has 0 saturated heterocycles. The van der Waals surface area contributed by atoms with Crippen LogP contribution in [0.4, 0.5) is 4.79 Å². The van der Waals surface area contributed by atoms with Crippen LogP contribution in [0.3, 0.4) is 0 Å². The van der Waals surface area contributed by atoms with E-state index in [2.05, 4.69) is 20.6 Å². The lowest BCUT2D eigenvalue weighted by molar-refractivity contribution is 0.148. The highest BCUT2D eigenvalue weighted by Gasteiger charge is 2.13. The Bertz CT molecular complexity index is 704. The van der Waals surface area contributed by atoms with Crippen LogP contribution in [0.15, 0.2) is 17.4 Å². The first-order chi connectivity index (χ1) is 9.88. The molecule has 0 atom stereocenters. The van der Waals surface area contributed by atoms with Gasteiger partial charge in [-0.05, 0) is 33.8 Å². The zero-order valence-corrected chi connectivity index (χ0v) is 12.4. The highest BCUT2D eigenvalue weighted by molar-refractivity contribution is 6.02. The monoisotopic (exact) mass is 290 g/mol. The lowest BCUT2D eigenvalue weighted by Gasteiger charge is -2.05. The van der Waals surface area contributed by atoms with Gasteiger partial charge in [-0.2, -0.15) is 5.10 Å². The second-order valence-corrected chi connectivity index (χ2v) is 4.99. The Labute approximate surface area is 122 Å². The number of nitrogens with zero attached hydrogens (tertiary/aromatic N) is 4. The number of carbonyl (C=O) groups excluding carboxylic acids is 1. The van der Waals surface area contributed by atoms with Crippen molar-refractivity contribution in [2.75, 3.05) is 0 Å². The highest BCUT2D eigenvalue weighted by atomic mass is 16.7. The van der Waals surface area contributed by atoms with E-state index in [9.17, 15) is 4.79 Å². The van der Waals surface area contributed by atoms with Gasteiger partial charge in [-0.15, -0.1) is 0 Å². The van der Waals surface area contributed by atoms with Crippen molar-refractivity contribution in [3.05, 3.63) is 29.2 Å². The molecule has 0 radical (unpaired) electrons. The molecule has 3 N–H and O–H groups in total. The molecule has 0 aromatic carbocycles. The summed E-state index contributed by atoms with van der Waals surface area (Å²) in [6.45, 7) is 7.42. The van der Waals surface area contributed by atoms with E-state index < -0.39 is 6.09 Å². The number of amidine groups is 1. The summed E-state index contributed by atoms with van der Waals surface area (Å²) in [6.07, 6.45) is 0.877. The van der Waals surface area contributed by atoms with E-state index in [1.165, 1.54) is 6.20 Å². The molecular weight excluding hydrogens is 272 g/mol. The van der Waals surface area contributed by atoms with E-state index in [-0.39, 0.29) is 11.9 Å². The van der Waals surface area contributed by atoms with Crippen LogP contribution in [0.5, 0.6) is 0 Å². The Morgan fingerprint density at radius 1 is 1.48 bits per heavy atom. The van der Waals surface area contributed by atoms with Gasteiger partial charge in [0.2, 0.25) is 0 Å².